The van der Waals surface area contributed by atoms with E-state index in [1.54, 1.807) is 0 Å². The van der Waals surface area contributed by atoms with E-state index in [0.717, 1.165) is 16.4 Å². The van der Waals surface area contributed by atoms with E-state index in [-0.39, 0.29) is 0 Å². The number of para-hydroxylation sites is 1. The number of hydrogen-bond donors (Lipinski definition) is 0. The lowest BCUT2D eigenvalue weighted by molar-refractivity contribution is -0.594. The number of aromatic nitrogens is 2. The summed E-state index contributed by atoms with van der Waals surface area (Å²) in [7, 11) is -6.00. The van der Waals surface area contributed by atoms with Crippen LogP contribution in [0.5, 0.6) is 0 Å². The maximum Gasteiger partial charge on any atom is 0.673 e. The van der Waals surface area contributed by atoms with Crippen LogP contribution in [0.15, 0.2) is 73.3 Å². The number of halogens is 5. The first-order chi connectivity index (χ1) is 10.8. The smallest absolute Gasteiger partial charge is 0.418 e. The van der Waals surface area contributed by atoms with E-state index in [1.807, 2.05) is 61.2 Å². The van der Waals surface area contributed by atoms with Gasteiger partial charge < -0.3 is 17.3 Å². The molecule has 120 valence electrons. The minimum atomic E-state index is -6.00. The monoisotopic (exact) mass is 342 g/mol. The average Bonchev–Trinajstić information content (AvgIpc) is 2.97. The summed E-state index contributed by atoms with van der Waals surface area (Å²) in [5.41, 5.74) is 2.24. The van der Waals surface area contributed by atoms with Crippen LogP contribution in [0.4, 0.5) is 17.3 Å². The van der Waals surface area contributed by atoms with Gasteiger partial charge in [-0.1, -0.05) is 29.8 Å². The summed E-state index contributed by atoms with van der Waals surface area (Å²) in [5.74, 6) is 0. The number of benzene rings is 2. The summed E-state index contributed by atoms with van der Waals surface area (Å²) in [6.45, 7) is 0. The Balaban J connectivity index is 0.000000338. The molecule has 8 heteroatoms. The first-order valence-electron chi connectivity index (χ1n) is 6.61. The van der Waals surface area contributed by atoms with E-state index >= 15 is 0 Å². The Labute approximate surface area is 135 Å². The van der Waals surface area contributed by atoms with Crippen molar-refractivity contribution in [2.45, 2.75) is 0 Å². The topological polar surface area (TPSA) is 8.81 Å². The number of hydrogen-bond acceptors (Lipinski definition) is 0. The van der Waals surface area contributed by atoms with Gasteiger partial charge in [0.25, 0.3) is 6.33 Å². The van der Waals surface area contributed by atoms with E-state index in [1.165, 1.54) is 0 Å². The molecule has 0 aliphatic heterocycles. The Bertz CT molecular complexity index is 736. The lowest BCUT2D eigenvalue weighted by atomic mass is 10.3. The summed E-state index contributed by atoms with van der Waals surface area (Å²) in [4.78, 5) is 0. The molecule has 0 atom stereocenters. The van der Waals surface area contributed by atoms with Crippen LogP contribution in [0.1, 0.15) is 0 Å². The van der Waals surface area contributed by atoms with Gasteiger partial charge >= 0.3 is 7.25 Å². The molecule has 0 aliphatic rings. The minimum absolute atomic E-state index is 0.752. The zero-order chi connectivity index (χ0) is 16.9. The molecule has 0 fully saturated rings. The molecule has 0 amide bonds. The molecule has 23 heavy (non-hydrogen) atoms. The van der Waals surface area contributed by atoms with Gasteiger partial charge in [-0.25, -0.2) is 9.13 Å². The van der Waals surface area contributed by atoms with Crippen LogP contribution >= 0.6 is 11.6 Å². The first-order valence-corrected chi connectivity index (χ1v) is 6.99. The Morgan fingerprint density at radius 3 is 2.00 bits per heavy atom. The maximum absolute atomic E-state index is 9.75. The lowest BCUT2D eigenvalue weighted by Crippen LogP contribution is -2.27. The molecule has 2 nitrogen and oxygen atoms in total. The second-order valence-electron chi connectivity index (χ2n) is 4.53. The van der Waals surface area contributed by atoms with Gasteiger partial charge in [0.2, 0.25) is 0 Å². The van der Waals surface area contributed by atoms with E-state index in [0.29, 0.717) is 0 Å². The number of imidazole rings is 1. The molecule has 0 N–H and O–H groups in total. The third-order valence-corrected chi connectivity index (χ3v) is 3.07. The first kappa shape index (κ1) is 17.1. The molecule has 1 aromatic heterocycles. The van der Waals surface area contributed by atoms with Crippen LogP contribution in [-0.2, 0) is 0 Å². The quantitative estimate of drug-likeness (QED) is 0.362. The summed E-state index contributed by atoms with van der Waals surface area (Å²) < 4.78 is 43.1. The Morgan fingerprint density at radius 2 is 1.43 bits per heavy atom. The summed E-state index contributed by atoms with van der Waals surface area (Å²) >= 11 is 5.89. The molecule has 1 heterocycles. The molecule has 0 radical (unpaired) electrons. The number of rotatable bonds is 2. The maximum atomic E-state index is 9.75. The van der Waals surface area contributed by atoms with Crippen molar-refractivity contribution < 1.29 is 21.8 Å². The van der Waals surface area contributed by atoms with Gasteiger partial charge in [0.15, 0.2) is 0 Å². The van der Waals surface area contributed by atoms with Gasteiger partial charge in [-0.3, -0.25) is 0 Å². The predicted octanol–water partition coefficient (Wildman–Crippen LogP) is 4.71. The van der Waals surface area contributed by atoms with Crippen molar-refractivity contribution in [1.29, 1.82) is 0 Å². The van der Waals surface area contributed by atoms with E-state index < -0.39 is 7.25 Å². The van der Waals surface area contributed by atoms with E-state index in [4.69, 9.17) is 11.6 Å². The molecule has 3 rings (SSSR count). The second-order valence-corrected chi connectivity index (χ2v) is 4.97. The number of nitrogens with zero attached hydrogens (tertiary/aromatic N) is 2. The molecule has 0 saturated carbocycles. The second kappa shape index (κ2) is 7.33. The Morgan fingerprint density at radius 1 is 0.870 bits per heavy atom. The standard InChI is InChI=1S/C15H12ClN2.BF4/c16-13-6-8-15(9-7-13)18-11-10-17(12-18)14-4-2-1-3-5-14;2-1(3,4)5/h1-12H;/q+1;-1. The molecule has 0 bridgehead atoms. The van der Waals surface area contributed by atoms with Crippen molar-refractivity contribution >= 4 is 18.9 Å². The molecular weight excluding hydrogens is 330 g/mol. The van der Waals surface area contributed by atoms with Crippen molar-refractivity contribution in [2.75, 3.05) is 0 Å². The van der Waals surface area contributed by atoms with Crippen molar-refractivity contribution in [1.82, 2.24) is 4.57 Å². The molecule has 0 saturated heterocycles. The Hall–Kier alpha value is -2.28. The van der Waals surface area contributed by atoms with Crippen LogP contribution in [0.3, 0.4) is 0 Å². The fourth-order valence-electron chi connectivity index (χ4n) is 1.87. The molecule has 0 spiro atoms. The third kappa shape index (κ3) is 5.79. The zero-order valence-corrected chi connectivity index (χ0v) is 12.5. The van der Waals surface area contributed by atoms with Crippen molar-refractivity contribution in [3.05, 3.63) is 78.3 Å². The van der Waals surface area contributed by atoms with Crippen LogP contribution in [0.2, 0.25) is 5.02 Å². The minimum Gasteiger partial charge on any atom is -0.418 e. The van der Waals surface area contributed by atoms with Crippen molar-refractivity contribution in [3.8, 4) is 11.4 Å². The Kier molecular flexibility index (Phi) is 5.44. The molecular formula is C15H12BClF4N2. The van der Waals surface area contributed by atoms with Crippen LogP contribution < -0.4 is 4.57 Å². The van der Waals surface area contributed by atoms with Gasteiger partial charge in [-0.15, -0.1) is 0 Å². The fraction of sp³-hybridized carbons (Fsp3) is 0. The molecule has 2 aromatic carbocycles. The van der Waals surface area contributed by atoms with Gasteiger partial charge in [-0.05, 0) is 36.4 Å². The SMILES string of the molecule is Clc1ccc(-[n+]2ccn(-c3ccccc3)c2)cc1.F[B-](F)(F)F. The summed E-state index contributed by atoms with van der Waals surface area (Å²) in [5, 5.41) is 0.752. The average molecular weight is 343 g/mol. The molecule has 0 aliphatic carbocycles. The van der Waals surface area contributed by atoms with Crippen LogP contribution in [-0.4, -0.2) is 11.8 Å². The summed E-state index contributed by atoms with van der Waals surface area (Å²) in [6, 6.07) is 18.0. The predicted molar refractivity (Wildman–Crippen MR) is 82.5 cm³/mol. The van der Waals surface area contributed by atoms with Crippen LogP contribution in [0.25, 0.3) is 11.4 Å². The fourth-order valence-corrected chi connectivity index (χ4v) is 2.00. The highest BCUT2D eigenvalue weighted by molar-refractivity contribution is 6.50. The van der Waals surface area contributed by atoms with E-state index in [2.05, 4.69) is 21.3 Å². The molecule has 3 aromatic rings. The highest BCUT2D eigenvalue weighted by Gasteiger charge is 2.20. The highest BCUT2D eigenvalue weighted by atomic mass is 35.5. The van der Waals surface area contributed by atoms with E-state index in [9.17, 15) is 17.3 Å². The summed E-state index contributed by atoms with van der Waals surface area (Å²) in [6.07, 6.45) is 6.10. The highest BCUT2D eigenvalue weighted by Crippen LogP contribution is 2.10. The van der Waals surface area contributed by atoms with Gasteiger partial charge in [0.05, 0.1) is 0 Å². The van der Waals surface area contributed by atoms with Crippen molar-refractivity contribution in [2.24, 2.45) is 0 Å². The van der Waals surface area contributed by atoms with Crippen molar-refractivity contribution in [3.63, 3.8) is 0 Å². The van der Waals surface area contributed by atoms with Gasteiger partial charge in [0, 0.05) is 5.02 Å². The third-order valence-electron chi connectivity index (χ3n) is 2.82. The van der Waals surface area contributed by atoms with Gasteiger partial charge in [0.1, 0.15) is 23.8 Å². The zero-order valence-electron chi connectivity index (χ0n) is 11.8. The lowest BCUT2D eigenvalue weighted by Gasteiger charge is -1.96. The van der Waals surface area contributed by atoms with Crippen LogP contribution in [0, 0.1) is 0 Å². The van der Waals surface area contributed by atoms with Gasteiger partial charge in [-0.2, -0.15) is 0 Å². The normalized spacial score (nSPS) is 10.8. The molecule has 0 unspecified atom stereocenters. The largest absolute Gasteiger partial charge is 0.673 e.